The number of rotatable bonds is 5. The fourth-order valence-corrected chi connectivity index (χ4v) is 5.41. The quantitative estimate of drug-likeness (QED) is 0.488. The van der Waals surface area contributed by atoms with Gasteiger partial charge in [0, 0.05) is 10.6 Å². The molecule has 0 unspecified atom stereocenters. The van der Waals surface area contributed by atoms with Crippen molar-refractivity contribution in [2.45, 2.75) is 35.2 Å². The number of thioether (sulfide) groups is 1. The highest BCUT2D eigenvalue weighted by Gasteiger charge is 2.59. The van der Waals surface area contributed by atoms with E-state index in [1.165, 1.54) is 17.0 Å². The Balaban J connectivity index is 1.88. The maximum absolute atomic E-state index is 13.4. The molecule has 4 nitrogen and oxygen atoms in total. The number of benzene rings is 3. The van der Waals surface area contributed by atoms with Gasteiger partial charge < -0.3 is 10.0 Å². The van der Waals surface area contributed by atoms with Gasteiger partial charge >= 0.3 is 12.1 Å². The van der Waals surface area contributed by atoms with Crippen LogP contribution in [0.4, 0.5) is 18.9 Å². The van der Waals surface area contributed by atoms with E-state index < -0.39 is 34.4 Å². The third-order valence-electron chi connectivity index (χ3n) is 5.63. The molecule has 0 aliphatic carbocycles. The zero-order chi connectivity index (χ0) is 23.8. The number of aliphatic carboxylic acids is 1. The Hall–Kier alpha value is -3.26. The fourth-order valence-electron chi connectivity index (χ4n) is 4.08. The summed E-state index contributed by atoms with van der Waals surface area (Å²) in [5, 5.41) is 10.4. The normalized spacial score (nSPS) is 20.8. The van der Waals surface area contributed by atoms with Crippen molar-refractivity contribution in [2.24, 2.45) is 0 Å². The first-order valence-electron chi connectivity index (χ1n) is 10.2. The first-order valence-corrected chi connectivity index (χ1v) is 11.0. The van der Waals surface area contributed by atoms with Gasteiger partial charge in [0.2, 0.25) is 5.91 Å². The Bertz CT molecular complexity index is 1180. The van der Waals surface area contributed by atoms with Gasteiger partial charge in [0.05, 0.1) is 18.0 Å². The molecular weight excluding hydrogens is 451 g/mol. The Kier molecular flexibility index (Phi) is 5.97. The summed E-state index contributed by atoms with van der Waals surface area (Å²) < 4.78 is 38.5. The van der Waals surface area contributed by atoms with Crippen molar-refractivity contribution in [3.63, 3.8) is 0 Å². The molecule has 170 valence electrons. The minimum Gasteiger partial charge on any atom is -0.480 e. The van der Waals surface area contributed by atoms with Crippen molar-refractivity contribution in [1.82, 2.24) is 0 Å². The van der Waals surface area contributed by atoms with Crippen molar-refractivity contribution in [1.29, 1.82) is 0 Å². The summed E-state index contributed by atoms with van der Waals surface area (Å²) in [6.45, 7) is 1.91. The molecule has 0 aromatic heterocycles. The van der Waals surface area contributed by atoms with Gasteiger partial charge in [-0.25, -0.2) is 0 Å². The van der Waals surface area contributed by atoms with Gasteiger partial charge in [-0.1, -0.05) is 54.1 Å². The Morgan fingerprint density at radius 3 is 2.30 bits per heavy atom. The molecule has 0 radical (unpaired) electrons. The molecule has 0 bridgehead atoms. The lowest BCUT2D eigenvalue weighted by molar-refractivity contribution is -0.140. The number of carboxylic acids is 1. The molecule has 0 spiro atoms. The second-order valence-electron chi connectivity index (χ2n) is 7.91. The number of hydrogen-bond acceptors (Lipinski definition) is 3. The van der Waals surface area contributed by atoms with Crippen LogP contribution in [0, 0.1) is 6.92 Å². The van der Waals surface area contributed by atoms with Gasteiger partial charge in [-0.15, -0.1) is 11.8 Å². The number of carboxylic acid groups (broad SMARTS) is 1. The average Bonchev–Trinajstić information content (AvgIpc) is 3.08. The largest absolute Gasteiger partial charge is 0.480 e. The molecule has 0 saturated carbocycles. The van der Waals surface area contributed by atoms with E-state index in [-0.39, 0.29) is 12.1 Å². The van der Waals surface area contributed by atoms with Gasteiger partial charge in [0.25, 0.3) is 0 Å². The Labute approximate surface area is 193 Å². The van der Waals surface area contributed by atoms with Crippen molar-refractivity contribution in [3.8, 4) is 0 Å². The topological polar surface area (TPSA) is 57.6 Å². The second kappa shape index (κ2) is 8.59. The lowest BCUT2D eigenvalue weighted by Gasteiger charge is -2.34. The van der Waals surface area contributed by atoms with E-state index in [2.05, 4.69) is 0 Å². The smallest absolute Gasteiger partial charge is 0.416 e. The number of nitrogens with zero attached hydrogens (tertiary/aromatic N) is 1. The maximum Gasteiger partial charge on any atom is 0.416 e. The second-order valence-corrected chi connectivity index (χ2v) is 9.32. The van der Waals surface area contributed by atoms with E-state index in [1.807, 2.05) is 19.1 Å². The highest BCUT2D eigenvalue weighted by atomic mass is 32.2. The van der Waals surface area contributed by atoms with Gasteiger partial charge in [0.1, 0.15) is 0 Å². The van der Waals surface area contributed by atoms with Gasteiger partial charge in [-0.3, -0.25) is 9.59 Å². The van der Waals surface area contributed by atoms with Gasteiger partial charge in [-0.05, 0) is 42.8 Å². The third kappa shape index (κ3) is 4.35. The van der Waals surface area contributed by atoms with Gasteiger partial charge in [0.15, 0.2) is 4.75 Å². The van der Waals surface area contributed by atoms with Crippen molar-refractivity contribution in [3.05, 3.63) is 95.6 Å². The van der Waals surface area contributed by atoms with Crippen LogP contribution in [0.15, 0.2) is 83.8 Å². The summed E-state index contributed by atoms with van der Waals surface area (Å²) in [5.74, 6) is -1.75. The molecule has 1 fully saturated rings. The van der Waals surface area contributed by atoms with E-state index in [1.54, 1.807) is 42.5 Å². The minimum absolute atomic E-state index is 0.0105. The lowest BCUT2D eigenvalue weighted by atomic mass is 9.92. The SMILES string of the molecule is Cc1ccc(S[C@]2(C(=O)O)CC(=O)N(c3cccc(C(F)(F)F)c3)[C@@H]2c2ccccc2)cc1. The van der Waals surface area contributed by atoms with Crippen LogP contribution < -0.4 is 4.90 Å². The molecule has 3 aromatic rings. The van der Waals surface area contributed by atoms with Crippen molar-refractivity contribution in [2.75, 3.05) is 4.90 Å². The van der Waals surface area contributed by atoms with Crippen LogP contribution in [-0.4, -0.2) is 21.7 Å². The number of anilines is 1. The van der Waals surface area contributed by atoms with Crippen LogP contribution in [0.25, 0.3) is 0 Å². The number of carbonyl (C=O) groups excluding carboxylic acids is 1. The van der Waals surface area contributed by atoms with Crippen LogP contribution in [0.5, 0.6) is 0 Å². The van der Waals surface area contributed by atoms with E-state index in [0.29, 0.717) is 10.5 Å². The molecule has 33 heavy (non-hydrogen) atoms. The minimum atomic E-state index is -4.60. The summed E-state index contributed by atoms with van der Waals surface area (Å²) in [6, 6.07) is 19.2. The summed E-state index contributed by atoms with van der Waals surface area (Å²) >= 11 is 1.05. The highest BCUT2D eigenvalue weighted by molar-refractivity contribution is 8.01. The van der Waals surface area contributed by atoms with Crippen LogP contribution in [0.3, 0.4) is 0 Å². The number of amides is 1. The van der Waals surface area contributed by atoms with Crippen LogP contribution in [0.1, 0.15) is 29.2 Å². The summed E-state index contributed by atoms with van der Waals surface area (Å²) in [5.41, 5.74) is 0.633. The van der Waals surface area contributed by atoms with Crippen LogP contribution in [0.2, 0.25) is 0 Å². The predicted molar refractivity (Wildman–Crippen MR) is 120 cm³/mol. The molecule has 1 aliphatic rings. The monoisotopic (exact) mass is 471 g/mol. The molecule has 1 saturated heterocycles. The summed E-state index contributed by atoms with van der Waals surface area (Å²) in [6.07, 6.45) is -4.96. The van der Waals surface area contributed by atoms with Crippen LogP contribution >= 0.6 is 11.8 Å². The van der Waals surface area contributed by atoms with Crippen LogP contribution in [-0.2, 0) is 15.8 Å². The van der Waals surface area contributed by atoms with E-state index in [9.17, 15) is 27.9 Å². The molecule has 2 atom stereocenters. The molecule has 1 heterocycles. The zero-order valence-electron chi connectivity index (χ0n) is 17.5. The number of aryl methyl sites for hydroxylation is 1. The predicted octanol–water partition coefficient (Wildman–Crippen LogP) is 6.11. The summed E-state index contributed by atoms with van der Waals surface area (Å²) in [4.78, 5) is 27.8. The third-order valence-corrected chi connectivity index (χ3v) is 7.05. The standard InChI is InChI=1S/C25H20F3NO3S/c1-16-10-12-20(13-11-16)33-24(23(31)32)15-21(30)29(22(24)17-6-3-2-4-7-17)19-9-5-8-18(14-19)25(26,27)28/h2-14,22H,15H2,1H3,(H,31,32)/t22-,24-/m1/s1. The molecule has 4 rings (SSSR count). The van der Waals surface area contributed by atoms with Crippen molar-refractivity contribution < 1.29 is 27.9 Å². The molecule has 3 aromatic carbocycles. The number of alkyl halides is 3. The van der Waals surface area contributed by atoms with E-state index in [4.69, 9.17) is 0 Å². The first kappa shape index (κ1) is 22.9. The number of carbonyl (C=O) groups is 2. The fraction of sp³-hybridized carbons (Fsp3) is 0.200. The lowest BCUT2D eigenvalue weighted by Crippen LogP contribution is -2.42. The Morgan fingerprint density at radius 2 is 1.70 bits per heavy atom. The molecule has 1 amide bonds. The molecular formula is C25H20F3NO3S. The summed E-state index contributed by atoms with van der Waals surface area (Å²) in [7, 11) is 0. The molecule has 1 aliphatic heterocycles. The van der Waals surface area contributed by atoms with Gasteiger partial charge in [-0.2, -0.15) is 13.2 Å². The molecule has 1 N–H and O–H groups in total. The van der Waals surface area contributed by atoms with Crippen molar-refractivity contribution >= 4 is 29.3 Å². The Morgan fingerprint density at radius 1 is 1.03 bits per heavy atom. The average molecular weight is 472 g/mol. The number of hydrogen-bond donors (Lipinski definition) is 1. The number of halogens is 3. The van der Waals surface area contributed by atoms with E-state index >= 15 is 0 Å². The first-order chi connectivity index (χ1) is 15.6. The molecule has 8 heteroatoms. The highest BCUT2D eigenvalue weighted by Crippen LogP contribution is 2.54. The maximum atomic E-state index is 13.4. The van der Waals surface area contributed by atoms with E-state index in [0.717, 1.165) is 29.5 Å². The zero-order valence-corrected chi connectivity index (χ0v) is 18.4.